The Kier molecular flexibility index (Phi) is 8.22. The van der Waals surface area contributed by atoms with E-state index in [1.165, 1.54) is 35.3 Å². The molecule has 0 aliphatic carbocycles. The number of alkyl halides is 3. The van der Waals surface area contributed by atoms with Crippen molar-refractivity contribution in [1.29, 1.82) is 0 Å². The second-order valence-electron chi connectivity index (χ2n) is 7.65. The Labute approximate surface area is 211 Å². The van der Waals surface area contributed by atoms with E-state index in [0.717, 1.165) is 11.3 Å². The van der Waals surface area contributed by atoms with E-state index in [9.17, 15) is 18.0 Å². The largest absolute Gasteiger partial charge is 0.573 e. The summed E-state index contributed by atoms with van der Waals surface area (Å²) in [4.78, 5) is 17.3. The van der Waals surface area contributed by atoms with Gasteiger partial charge in [-0.2, -0.15) is 0 Å². The number of aromatic nitrogens is 3. The number of ether oxygens (including phenoxy) is 1. The van der Waals surface area contributed by atoms with Crippen molar-refractivity contribution in [2.75, 3.05) is 7.05 Å². The standard InChI is InChI=1S/C24H23F3N6O2S/c1-5-20(15(2)3)29-22(36)30-23(34)32(4)17-8-6-16(7-9-17)21-28-14-33(31-21)18-10-12-19(13-11-18)35-24(25,26)27/h5-14H,2H2,1,3-4H3,(H2,29,30,34,36)/p+1/b20-5-. The molecule has 0 spiro atoms. The van der Waals surface area contributed by atoms with Gasteiger partial charge in [0.15, 0.2) is 10.9 Å². The number of benzene rings is 2. The molecular formula is C24H24F3N6O2S+. The third kappa shape index (κ3) is 6.99. The van der Waals surface area contributed by atoms with Gasteiger partial charge >= 0.3 is 12.4 Å². The van der Waals surface area contributed by atoms with Crippen molar-refractivity contribution in [3.63, 3.8) is 0 Å². The molecule has 3 N–H and O–H groups in total. The molecule has 0 aliphatic heterocycles. The molecule has 8 nitrogen and oxygen atoms in total. The molecule has 1 aromatic heterocycles. The summed E-state index contributed by atoms with van der Waals surface area (Å²) in [5.41, 5.74) is 3.40. The zero-order chi connectivity index (χ0) is 26.5. The van der Waals surface area contributed by atoms with Crippen LogP contribution in [0.5, 0.6) is 5.75 Å². The fourth-order valence-electron chi connectivity index (χ4n) is 3.10. The molecule has 0 bridgehead atoms. The number of hydrogen-bond donors (Lipinski definition) is 3. The lowest BCUT2D eigenvalue weighted by Gasteiger charge is -2.15. The molecule has 2 amide bonds. The first-order valence-corrected chi connectivity index (χ1v) is 11.0. The lowest BCUT2D eigenvalue weighted by molar-refractivity contribution is -0.717. The Morgan fingerprint density at radius 2 is 1.78 bits per heavy atom. The Morgan fingerprint density at radius 1 is 1.14 bits per heavy atom. The number of nitrogens with one attached hydrogen (secondary N) is 3. The Bertz CT molecular complexity index is 1280. The maximum absolute atomic E-state index is 12.6. The second kappa shape index (κ2) is 11.1. The van der Waals surface area contributed by atoms with E-state index in [2.05, 4.69) is 32.0 Å². The molecule has 0 saturated carbocycles. The summed E-state index contributed by atoms with van der Waals surface area (Å²) in [5.74, 6) is 0.0794. The van der Waals surface area contributed by atoms with E-state index in [1.807, 2.05) is 19.9 Å². The van der Waals surface area contributed by atoms with Crippen LogP contribution in [-0.2, 0) is 0 Å². The molecule has 3 rings (SSSR count). The normalized spacial score (nSPS) is 12.6. The number of urea groups is 1. The minimum atomic E-state index is -4.76. The van der Waals surface area contributed by atoms with Gasteiger partial charge in [-0.25, -0.2) is 19.4 Å². The molecule has 3 aromatic rings. The molecule has 0 saturated heterocycles. The number of halogens is 3. The second-order valence-corrected chi connectivity index (χ2v) is 8.06. The summed E-state index contributed by atoms with van der Waals surface area (Å²) in [7, 11) is 1.68. The van der Waals surface area contributed by atoms with Crippen molar-refractivity contribution in [2.45, 2.75) is 20.2 Å². The number of carbonyl (C=O) groups is 1. The van der Waals surface area contributed by atoms with Gasteiger partial charge in [0, 0.05) is 23.4 Å². The molecule has 2 aromatic carbocycles. The predicted octanol–water partition coefficient (Wildman–Crippen LogP) is 4.04. The highest BCUT2D eigenvalue weighted by atomic mass is 32.1. The van der Waals surface area contributed by atoms with Crippen LogP contribution in [0, 0.1) is 0 Å². The highest BCUT2D eigenvalue weighted by Gasteiger charge is 2.31. The van der Waals surface area contributed by atoms with E-state index in [1.54, 1.807) is 31.3 Å². The summed E-state index contributed by atoms with van der Waals surface area (Å²) < 4.78 is 42.3. The maximum Gasteiger partial charge on any atom is 0.573 e. The lowest BCUT2D eigenvalue weighted by atomic mass is 10.2. The van der Waals surface area contributed by atoms with Crippen LogP contribution >= 0.6 is 12.2 Å². The molecular weight excluding hydrogens is 493 g/mol. The first kappa shape index (κ1) is 26.6. The van der Waals surface area contributed by atoms with Gasteiger partial charge in [0.1, 0.15) is 17.8 Å². The first-order chi connectivity index (χ1) is 17.0. The molecule has 1 atom stereocenters. The van der Waals surface area contributed by atoms with Gasteiger partial charge in [0.05, 0.1) is 12.7 Å². The molecule has 0 aliphatic rings. The topological polar surface area (TPSA) is 85.5 Å². The maximum atomic E-state index is 12.6. The SMILES string of the molecule is C=C(C)/C(=C/C)NC(=S)NC(=O)[NH+](C)c1ccc(-c2ncn(-c3ccc(OC(F)(F)F)cc3)n2)cc1. The molecule has 1 heterocycles. The fraction of sp³-hybridized carbons (Fsp3) is 0.167. The number of hydrogen-bond acceptors (Lipinski definition) is 5. The molecule has 1 unspecified atom stereocenters. The third-order valence-electron chi connectivity index (χ3n) is 4.97. The van der Waals surface area contributed by atoms with Gasteiger partial charge in [-0.05, 0) is 68.0 Å². The minimum Gasteiger partial charge on any atom is -0.406 e. The number of carbonyl (C=O) groups excluding carboxylic acids is 1. The quantitative estimate of drug-likeness (QED) is 0.338. The van der Waals surface area contributed by atoms with Crippen LogP contribution in [0.4, 0.5) is 23.7 Å². The van der Waals surface area contributed by atoms with Gasteiger partial charge in [0.25, 0.3) is 0 Å². The van der Waals surface area contributed by atoms with Crippen molar-refractivity contribution in [2.24, 2.45) is 0 Å². The van der Waals surface area contributed by atoms with Crippen molar-refractivity contribution in [3.05, 3.63) is 78.8 Å². The van der Waals surface area contributed by atoms with Gasteiger partial charge in [-0.1, -0.05) is 12.7 Å². The highest BCUT2D eigenvalue weighted by molar-refractivity contribution is 7.80. The predicted molar refractivity (Wildman–Crippen MR) is 133 cm³/mol. The molecule has 188 valence electrons. The highest BCUT2D eigenvalue weighted by Crippen LogP contribution is 2.24. The van der Waals surface area contributed by atoms with Crippen LogP contribution in [-0.4, -0.2) is 39.3 Å². The Hall–Kier alpha value is -4.03. The number of nitrogens with zero attached hydrogens (tertiary/aromatic N) is 3. The fourth-order valence-corrected chi connectivity index (χ4v) is 3.30. The Balaban J connectivity index is 1.65. The monoisotopic (exact) mass is 517 g/mol. The summed E-state index contributed by atoms with van der Waals surface area (Å²) in [6, 6.07) is 12.0. The van der Waals surface area contributed by atoms with Crippen LogP contribution in [0.1, 0.15) is 13.8 Å². The number of quaternary nitrogens is 1. The number of thiocarbonyl (C=S) groups is 1. The van der Waals surface area contributed by atoms with Crippen LogP contribution in [0.25, 0.3) is 17.1 Å². The number of allylic oxidation sites excluding steroid dienone is 2. The Morgan fingerprint density at radius 3 is 2.33 bits per heavy atom. The summed E-state index contributed by atoms with van der Waals surface area (Å²) >= 11 is 5.20. The van der Waals surface area contributed by atoms with Crippen LogP contribution < -0.4 is 20.3 Å². The average molecular weight is 518 g/mol. The molecule has 0 radical (unpaired) electrons. The zero-order valence-corrected chi connectivity index (χ0v) is 20.5. The van der Waals surface area contributed by atoms with Crippen molar-refractivity contribution in [3.8, 4) is 22.8 Å². The van der Waals surface area contributed by atoms with Crippen LogP contribution in [0.3, 0.4) is 0 Å². The van der Waals surface area contributed by atoms with E-state index in [4.69, 9.17) is 12.2 Å². The van der Waals surface area contributed by atoms with Crippen LogP contribution in [0.2, 0.25) is 0 Å². The first-order valence-electron chi connectivity index (χ1n) is 10.6. The van der Waals surface area contributed by atoms with Crippen molar-refractivity contribution >= 4 is 29.0 Å². The molecule has 0 fully saturated rings. The summed E-state index contributed by atoms with van der Waals surface area (Å²) in [5, 5.41) is 10.1. The van der Waals surface area contributed by atoms with E-state index in [-0.39, 0.29) is 16.9 Å². The third-order valence-corrected chi connectivity index (χ3v) is 5.17. The van der Waals surface area contributed by atoms with E-state index >= 15 is 0 Å². The van der Waals surface area contributed by atoms with Crippen LogP contribution in [0.15, 0.2) is 78.8 Å². The number of rotatable bonds is 6. The number of amides is 2. The van der Waals surface area contributed by atoms with Gasteiger partial charge in [0.2, 0.25) is 0 Å². The lowest BCUT2D eigenvalue weighted by Crippen LogP contribution is -3.08. The van der Waals surface area contributed by atoms with Gasteiger partial charge in [-0.15, -0.1) is 18.3 Å². The van der Waals surface area contributed by atoms with E-state index in [0.29, 0.717) is 27.7 Å². The van der Waals surface area contributed by atoms with Crippen molar-refractivity contribution in [1.82, 2.24) is 25.4 Å². The minimum absolute atomic E-state index is 0.166. The van der Waals surface area contributed by atoms with Crippen molar-refractivity contribution < 1.29 is 27.6 Å². The zero-order valence-electron chi connectivity index (χ0n) is 19.7. The van der Waals surface area contributed by atoms with E-state index < -0.39 is 6.36 Å². The molecule has 12 heteroatoms. The van der Waals surface area contributed by atoms with Gasteiger partial charge < -0.3 is 10.1 Å². The smallest absolute Gasteiger partial charge is 0.406 e. The average Bonchev–Trinajstić information content (AvgIpc) is 3.31. The van der Waals surface area contributed by atoms with Gasteiger partial charge in [-0.3, -0.25) is 5.32 Å². The summed E-state index contributed by atoms with van der Waals surface area (Å²) in [6.45, 7) is 7.51. The molecule has 36 heavy (non-hydrogen) atoms. The summed E-state index contributed by atoms with van der Waals surface area (Å²) in [6.07, 6.45) is -1.50.